The van der Waals surface area contributed by atoms with E-state index in [2.05, 4.69) is 10.6 Å². The number of rotatable bonds is 6. The molecule has 5 heteroatoms. The predicted molar refractivity (Wildman–Crippen MR) is 87.7 cm³/mol. The summed E-state index contributed by atoms with van der Waals surface area (Å²) >= 11 is 0. The van der Waals surface area contributed by atoms with Crippen LogP contribution in [-0.2, 0) is 4.79 Å². The quantitative estimate of drug-likeness (QED) is 0.860. The fraction of sp³-hybridized carbons (Fsp3) is 0.235. The summed E-state index contributed by atoms with van der Waals surface area (Å²) in [5.41, 5.74) is 1.41. The van der Waals surface area contributed by atoms with Crippen molar-refractivity contribution in [3.8, 4) is 11.5 Å². The number of anilines is 2. The maximum atomic E-state index is 12.3. The Morgan fingerprint density at radius 2 is 1.41 bits per heavy atom. The highest BCUT2D eigenvalue weighted by Gasteiger charge is 2.16. The van der Waals surface area contributed by atoms with Crippen molar-refractivity contribution in [2.75, 3.05) is 24.9 Å². The van der Waals surface area contributed by atoms with Crippen molar-refractivity contribution >= 4 is 17.3 Å². The smallest absolute Gasteiger partial charge is 0.246 e. The Labute approximate surface area is 130 Å². The molecule has 5 nitrogen and oxygen atoms in total. The molecule has 0 bridgehead atoms. The van der Waals surface area contributed by atoms with Crippen LogP contribution in [0.2, 0.25) is 0 Å². The van der Waals surface area contributed by atoms with Crippen molar-refractivity contribution in [3.05, 3.63) is 48.5 Å². The SMILES string of the molecule is COc1ccccc1NC(=O)[C@@H](C)Nc1ccccc1OC. The zero-order valence-electron chi connectivity index (χ0n) is 12.9. The van der Waals surface area contributed by atoms with Gasteiger partial charge in [0.15, 0.2) is 0 Å². The zero-order valence-corrected chi connectivity index (χ0v) is 12.9. The van der Waals surface area contributed by atoms with Crippen LogP contribution in [0.4, 0.5) is 11.4 Å². The summed E-state index contributed by atoms with van der Waals surface area (Å²) in [6.07, 6.45) is 0. The van der Waals surface area contributed by atoms with Crippen LogP contribution in [0.5, 0.6) is 11.5 Å². The first-order valence-corrected chi connectivity index (χ1v) is 6.99. The lowest BCUT2D eigenvalue weighted by atomic mass is 10.2. The molecule has 2 N–H and O–H groups in total. The number of hydrogen-bond donors (Lipinski definition) is 2. The standard InChI is InChI=1S/C17H20N2O3/c1-12(18-13-8-4-6-10-15(13)21-2)17(20)19-14-9-5-7-11-16(14)22-3/h4-12,18H,1-3H3,(H,19,20)/t12-/m1/s1. The summed E-state index contributed by atoms with van der Waals surface area (Å²) in [6.45, 7) is 1.79. The monoisotopic (exact) mass is 300 g/mol. The molecule has 2 aromatic carbocycles. The van der Waals surface area contributed by atoms with Gasteiger partial charge in [0.25, 0.3) is 0 Å². The molecule has 2 rings (SSSR count). The number of amides is 1. The normalized spacial score (nSPS) is 11.4. The highest BCUT2D eigenvalue weighted by Crippen LogP contribution is 2.25. The third-order valence-electron chi connectivity index (χ3n) is 3.24. The minimum absolute atomic E-state index is 0.157. The van der Waals surface area contributed by atoms with Crippen molar-refractivity contribution in [2.24, 2.45) is 0 Å². The van der Waals surface area contributed by atoms with Crippen LogP contribution in [0.1, 0.15) is 6.92 Å². The molecule has 0 radical (unpaired) electrons. The van der Waals surface area contributed by atoms with Gasteiger partial charge in [-0.2, -0.15) is 0 Å². The number of methoxy groups -OCH3 is 2. The number of carbonyl (C=O) groups is 1. The van der Waals surface area contributed by atoms with Gasteiger partial charge in [0.05, 0.1) is 25.6 Å². The number of carbonyl (C=O) groups excluding carboxylic acids is 1. The van der Waals surface area contributed by atoms with E-state index in [1.165, 1.54) is 0 Å². The number of para-hydroxylation sites is 4. The zero-order chi connectivity index (χ0) is 15.9. The van der Waals surface area contributed by atoms with E-state index in [-0.39, 0.29) is 5.91 Å². The second-order valence-corrected chi connectivity index (χ2v) is 4.76. The summed E-state index contributed by atoms with van der Waals surface area (Å²) in [4.78, 5) is 12.3. The maximum absolute atomic E-state index is 12.3. The Bertz CT molecular complexity index is 643. The van der Waals surface area contributed by atoms with Gasteiger partial charge in [-0.25, -0.2) is 0 Å². The molecular formula is C17H20N2O3. The molecule has 0 heterocycles. The highest BCUT2D eigenvalue weighted by molar-refractivity contribution is 5.97. The Morgan fingerprint density at radius 3 is 2.00 bits per heavy atom. The Balaban J connectivity index is 2.06. The largest absolute Gasteiger partial charge is 0.495 e. The summed E-state index contributed by atoms with van der Waals surface area (Å²) in [7, 11) is 3.17. The second-order valence-electron chi connectivity index (χ2n) is 4.76. The molecule has 0 aliphatic rings. The minimum atomic E-state index is -0.429. The third kappa shape index (κ3) is 3.69. The number of nitrogens with one attached hydrogen (secondary N) is 2. The molecule has 0 saturated heterocycles. The van der Waals surface area contributed by atoms with E-state index in [1.807, 2.05) is 36.4 Å². The van der Waals surface area contributed by atoms with Crippen LogP contribution in [-0.4, -0.2) is 26.2 Å². The van der Waals surface area contributed by atoms with Crippen LogP contribution >= 0.6 is 0 Å². The predicted octanol–water partition coefficient (Wildman–Crippen LogP) is 3.14. The van der Waals surface area contributed by atoms with Gasteiger partial charge >= 0.3 is 0 Å². The lowest BCUT2D eigenvalue weighted by Crippen LogP contribution is -2.32. The maximum Gasteiger partial charge on any atom is 0.246 e. The number of hydrogen-bond acceptors (Lipinski definition) is 4. The van der Waals surface area contributed by atoms with Gasteiger partial charge in [-0.05, 0) is 31.2 Å². The van der Waals surface area contributed by atoms with Gasteiger partial charge in [-0.15, -0.1) is 0 Å². The first-order valence-electron chi connectivity index (χ1n) is 6.99. The summed E-state index contributed by atoms with van der Waals surface area (Å²) in [6, 6.07) is 14.3. The summed E-state index contributed by atoms with van der Waals surface area (Å²) in [5, 5.41) is 5.99. The molecular weight excluding hydrogens is 280 g/mol. The average Bonchev–Trinajstić information content (AvgIpc) is 2.55. The van der Waals surface area contributed by atoms with Crippen LogP contribution in [0.25, 0.3) is 0 Å². The minimum Gasteiger partial charge on any atom is -0.495 e. The molecule has 0 fully saturated rings. The second kappa shape index (κ2) is 7.36. The van der Waals surface area contributed by atoms with E-state index < -0.39 is 6.04 Å². The molecule has 0 saturated carbocycles. The van der Waals surface area contributed by atoms with E-state index in [4.69, 9.17) is 9.47 Å². The molecule has 0 spiro atoms. The van der Waals surface area contributed by atoms with Crippen LogP contribution in [0, 0.1) is 0 Å². The molecule has 0 unspecified atom stereocenters. The van der Waals surface area contributed by atoms with Gasteiger partial charge in [-0.1, -0.05) is 24.3 Å². The Kier molecular flexibility index (Phi) is 5.25. The first-order chi connectivity index (χ1) is 10.7. The van der Waals surface area contributed by atoms with E-state index in [0.29, 0.717) is 17.2 Å². The van der Waals surface area contributed by atoms with Gasteiger partial charge < -0.3 is 20.1 Å². The summed E-state index contributed by atoms with van der Waals surface area (Å²) in [5.74, 6) is 1.16. The molecule has 1 amide bonds. The van der Waals surface area contributed by atoms with Crippen molar-refractivity contribution in [1.82, 2.24) is 0 Å². The van der Waals surface area contributed by atoms with Crippen molar-refractivity contribution in [3.63, 3.8) is 0 Å². The van der Waals surface area contributed by atoms with Crippen LogP contribution in [0.3, 0.4) is 0 Å². The van der Waals surface area contributed by atoms with E-state index in [0.717, 1.165) is 5.69 Å². The van der Waals surface area contributed by atoms with Crippen molar-refractivity contribution in [2.45, 2.75) is 13.0 Å². The van der Waals surface area contributed by atoms with Crippen LogP contribution < -0.4 is 20.1 Å². The van der Waals surface area contributed by atoms with E-state index >= 15 is 0 Å². The number of benzene rings is 2. The highest BCUT2D eigenvalue weighted by atomic mass is 16.5. The third-order valence-corrected chi connectivity index (χ3v) is 3.24. The molecule has 0 aromatic heterocycles. The lowest BCUT2D eigenvalue weighted by Gasteiger charge is -2.18. The molecule has 2 aromatic rings. The molecule has 116 valence electrons. The van der Waals surface area contributed by atoms with E-state index in [1.54, 1.807) is 33.3 Å². The fourth-order valence-electron chi connectivity index (χ4n) is 2.05. The average molecular weight is 300 g/mol. The number of ether oxygens (including phenoxy) is 2. The van der Waals surface area contributed by atoms with Gasteiger partial charge in [0.1, 0.15) is 17.5 Å². The van der Waals surface area contributed by atoms with Crippen molar-refractivity contribution in [1.29, 1.82) is 0 Å². The molecule has 0 aliphatic heterocycles. The van der Waals surface area contributed by atoms with Gasteiger partial charge in [0.2, 0.25) is 5.91 Å². The molecule has 1 atom stereocenters. The summed E-state index contributed by atoms with van der Waals surface area (Å²) < 4.78 is 10.5. The lowest BCUT2D eigenvalue weighted by molar-refractivity contribution is -0.116. The first kappa shape index (κ1) is 15.7. The molecule has 22 heavy (non-hydrogen) atoms. The van der Waals surface area contributed by atoms with Crippen molar-refractivity contribution < 1.29 is 14.3 Å². The Morgan fingerprint density at radius 1 is 0.909 bits per heavy atom. The van der Waals surface area contributed by atoms with Crippen LogP contribution in [0.15, 0.2) is 48.5 Å². The van der Waals surface area contributed by atoms with Gasteiger partial charge in [-0.3, -0.25) is 4.79 Å². The van der Waals surface area contributed by atoms with E-state index in [9.17, 15) is 4.79 Å². The molecule has 0 aliphatic carbocycles. The topological polar surface area (TPSA) is 59.6 Å². The Hall–Kier alpha value is -2.69. The van der Waals surface area contributed by atoms with Gasteiger partial charge in [0, 0.05) is 0 Å². The fourth-order valence-corrected chi connectivity index (χ4v) is 2.05.